The molecule has 0 fully saturated rings. The Morgan fingerprint density at radius 2 is 2.00 bits per heavy atom. The maximum Gasteiger partial charge on any atom is 0.306 e. The van der Waals surface area contributed by atoms with E-state index in [4.69, 9.17) is 4.74 Å². The largest absolute Gasteiger partial charge is 0.465 e. The Morgan fingerprint density at radius 3 is 2.36 bits per heavy atom. The van der Waals surface area contributed by atoms with Gasteiger partial charge in [-0.15, -0.1) is 0 Å². The predicted octanol–water partition coefficient (Wildman–Crippen LogP) is 1.89. The second-order valence-electron chi connectivity index (χ2n) is 3.13. The Hall–Kier alpha value is -0.180. The minimum atomic E-state index is -0.152. The fraction of sp³-hybridized carbons (Fsp3) is 0.875. The number of carbonyl (C=O) groups is 1. The molecule has 11 heavy (non-hydrogen) atoms. The highest BCUT2D eigenvalue weighted by Gasteiger charge is 2.06. The molecule has 3 heteroatoms. The van der Waals surface area contributed by atoms with Gasteiger partial charge in [-0.3, -0.25) is 4.79 Å². The fourth-order valence-corrected chi connectivity index (χ4v) is 0.709. The molecule has 0 aromatic carbocycles. The average Bonchev–Trinajstić information content (AvgIpc) is 1.82. The summed E-state index contributed by atoms with van der Waals surface area (Å²) in [7, 11) is 0. The smallest absolute Gasteiger partial charge is 0.306 e. The Morgan fingerprint density at radius 1 is 1.45 bits per heavy atom. The molecule has 0 N–H and O–H groups in total. The van der Waals surface area contributed by atoms with Gasteiger partial charge in [-0.25, -0.2) is 0 Å². The first-order chi connectivity index (χ1) is 5.02. The molecule has 0 heterocycles. The minimum Gasteiger partial charge on any atom is -0.465 e. The predicted molar refractivity (Wildman–Crippen MR) is 48.9 cm³/mol. The molecule has 0 bridgehead atoms. The summed E-state index contributed by atoms with van der Waals surface area (Å²) in [6.07, 6.45) is 0.399. The van der Waals surface area contributed by atoms with Gasteiger partial charge in [0.15, 0.2) is 0 Å². The second kappa shape index (κ2) is 5.47. The molecule has 0 aliphatic carbocycles. The van der Waals surface area contributed by atoms with Gasteiger partial charge >= 0.3 is 5.97 Å². The van der Waals surface area contributed by atoms with Gasteiger partial charge in [0.05, 0.1) is 13.0 Å². The summed E-state index contributed by atoms with van der Waals surface area (Å²) in [6.45, 7) is 6.41. The third-order valence-corrected chi connectivity index (χ3v) is 1.22. The van der Waals surface area contributed by atoms with Crippen molar-refractivity contribution in [2.45, 2.75) is 32.4 Å². The van der Waals surface area contributed by atoms with Crippen LogP contribution in [0.15, 0.2) is 0 Å². The maximum atomic E-state index is 10.9. The fourth-order valence-electron chi connectivity index (χ4n) is 0.560. The molecule has 66 valence electrons. The summed E-state index contributed by atoms with van der Waals surface area (Å²) >= 11 is 4.08. The van der Waals surface area contributed by atoms with Gasteiger partial charge in [0, 0.05) is 5.25 Å². The summed E-state index contributed by atoms with van der Waals surface area (Å²) in [6, 6.07) is 0. The van der Waals surface area contributed by atoms with Crippen LogP contribution in [0, 0.1) is 5.92 Å². The monoisotopic (exact) mass is 176 g/mol. The van der Waals surface area contributed by atoms with Crippen molar-refractivity contribution in [2.24, 2.45) is 5.92 Å². The van der Waals surface area contributed by atoms with Gasteiger partial charge in [0.1, 0.15) is 0 Å². The molecule has 1 unspecified atom stereocenters. The summed E-state index contributed by atoms with van der Waals surface area (Å²) < 4.78 is 4.93. The van der Waals surface area contributed by atoms with Crippen LogP contribution in [0.4, 0.5) is 0 Å². The number of ether oxygens (including phenoxy) is 1. The van der Waals surface area contributed by atoms with E-state index in [0.717, 1.165) is 0 Å². The first kappa shape index (κ1) is 10.8. The maximum absolute atomic E-state index is 10.9. The van der Waals surface area contributed by atoms with Crippen LogP contribution in [0.25, 0.3) is 0 Å². The second-order valence-corrected chi connectivity index (χ2v) is 4.01. The number of thiol groups is 1. The van der Waals surface area contributed by atoms with Crippen molar-refractivity contribution in [1.82, 2.24) is 0 Å². The molecule has 2 nitrogen and oxygen atoms in total. The Balaban J connectivity index is 3.38. The van der Waals surface area contributed by atoms with E-state index in [9.17, 15) is 4.79 Å². The molecule has 0 saturated heterocycles. The van der Waals surface area contributed by atoms with Crippen molar-refractivity contribution in [3.8, 4) is 0 Å². The molecule has 0 aliphatic heterocycles. The third-order valence-electron chi connectivity index (χ3n) is 1.04. The highest BCUT2D eigenvalue weighted by molar-refractivity contribution is 7.80. The molecule has 0 aromatic heterocycles. The van der Waals surface area contributed by atoms with E-state index in [1.807, 2.05) is 20.8 Å². The number of esters is 1. The van der Waals surface area contributed by atoms with E-state index < -0.39 is 0 Å². The van der Waals surface area contributed by atoms with Gasteiger partial charge in [-0.05, 0) is 5.92 Å². The molecular weight excluding hydrogens is 160 g/mol. The molecule has 0 amide bonds. The van der Waals surface area contributed by atoms with E-state index in [0.29, 0.717) is 18.9 Å². The Kier molecular flexibility index (Phi) is 5.38. The van der Waals surface area contributed by atoms with Crippen molar-refractivity contribution in [1.29, 1.82) is 0 Å². The molecule has 0 spiro atoms. The van der Waals surface area contributed by atoms with E-state index in [1.165, 1.54) is 0 Å². The molecule has 0 saturated carbocycles. The number of hydrogen-bond acceptors (Lipinski definition) is 3. The molecule has 0 aliphatic rings. The van der Waals surface area contributed by atoms with Crippen molar-refractivity contribution in [2.75, 3.05) is 6.61 Å². The van der Waals surface area contributed by atoms with Crippen LogP contribution in [-0.4, -0.2) is 17.8 Å². The van der Waals surface area contributed by atoms with Gasteiger partial charge in [-0.1, -0.05) is 20.8 Å². The van der Waals surface area contributed by atoms with Crippen molar-refractivity contribution < 1.29 is 9.53 Å². The van der Waals surface area contributed by atoms with Crippen LogP contribution in [0.2, 0.25) is 0 Å². The summed E-state index contributed by atoms with van der Waals surface area (Å²) in [5.74, 6) is 0.260. The Bertz CT molecular complexity index is 121. The standard InChI is InChI=1S/C8H16O2S/c1-6(2)5-10-8(9)4-7(3)11/h6-7,11H,4-5H2,1-3H3. The van der Waals surface area contributed by atoms with Crippen LogP contribution in [0.5, 0.6) is 0 Å². The SMILES string of the molecule is CC(C)COC(=O)CC(C)S. The van der Waals surface area contributed by atoms with Crippen molar-refractivity contribution in [3.63, 3.8) is 0 Å². The van der Waals surface area contributed by atoms with Gasteiger partial charge < -0.3 is 4.74 Å². The van der Waals surface area contributed by atoms with Crippen LogP contribution in [0.3, 0.4) is 0 Å². The Labute approximate surface area is 73.7 Å². The molecule has 1 atom stereocenters. The lowest BCUT2D eigenvalue weighted by Gasteiger charge is -2.07. The molecule has 0 aromatic rings. The topological polar surface area (TPSA) is 26.3 Å². The zero-order valence-electron chi connectivity index (χ0n) is 7.33. The first-order valence-corrected chi connectivity index (χ1v) is 4.37. The molecule has 0 radical (unpaired) electrons. The lowest BCUT2D eigenvalue weighted by Crippen LogP contribution is -2.12. The lowest BCUT2D eigenvalue weighted by atomic mass is 10.2. The first-order valence-electron chi connectivity index (χ1n) is 3.86. The average molecular weight is 176 g/mol. The summed E-state index contributed by atoms with van der Waals surface area (Å²) in [5.41, 5.74) is 0. The van der Waals surface area contributed by atoms with Crippen LogP contribution < -0.4 is 0 Å². The number of hydrogen-bond donors (Lipinski definition) is 1. The normalized spacial score (nSPS) is 13.2. The quantitative estimate of drug-likeness (QED) is 0.523. The van der Waals surface area contributed by atoms with Gasteiger partial charge in [-0.2, -0.15) is 12.6 Å². The van der Waals surface area contributed by atoms with E-state index in [1.54, 1.807) is 0 Å². The molecular formula is C8H16O2S. The number of rotatable bonds is 4. The zero-order valence-corrected chi connectivity index (χ0v) is 8.23. The van der Waals surface area contributed by atoms with Crippen molar-refractivity contribution in [3.05, 3.63) is 0 Å². The highest BCUT2D eigenvalue weighted by Crippen LogP contribution is 2.02. The van der Waals surface area contributed by atoms with Crippen LogP contribution >= 0.6 is 12.6 Å². The third kappa shape index (κ3) is 7.72. The lowest BCUT2D eigenvalue weighted by molar-refractivity contribution is -0.144. The van der Waals surface area contributed by atoms with Crippen LogP contribution in [0.1, 0.15) is 27.2 Å². The highest BCUT2D eigenvalue weighted by atomic mass is 32.1. The van der Waals surface area contributed by atoms with Crippen LogP contribution in [-0.2, 0) is 9.53 Å². The zero-order chi connectivity index (χ0) is 8.85. The summed E-state index contributed by atoms with van der Waals surface area (Å²) in [4.78, 5) is 10.9. The van der Waals surface area contributed by atoms with Crippen molar-refractivity contribution >= 4 is 18.6 Å². The number of carbonyl (C=O) groups excluding carboxylic acids is 1. The summed E-state index contributed by atoms with van der Waals surface area (Å²) in [5, 5.41) is 0.0923. The molecule has 0 rings (SSSR count). The van der Waals surface area contributed by atoms with Gasteiger partial charge in [0.25, 0.3) is 0 Å². The van der Waals surface area contributed by atoms with Gasteiger partial charge in [0.2, 0.25) is 0 Å². The van der Waals surface area contributed by atoms with E-state index in [2.05, 4.69) is 12.6 Å². The minimum absolute atomic E-state index is 0.0923. The van der Waals surface area contributed by atoms with E-state index >= 15 is 0 Å². The van der Waals surface area contributed by atoms with E-state index in [-0.39, 0.29) is 11.2 Å².